The van der Waals surface area contributed by atoms with Gasteiger partial charge in [0, 0.05) is 5.02 Å². The standard InChI is InChI=1S/C15H16Cl2N2OS/c1-10(19(2)9-12-4-3-7-21-12)15(20)18-14-6-5-11(16)8-13(14)17/h3-8,10H,9H2,1-2H3,(H,18,20)/p+1/t10-/m1/s1. The number of quaternary nitrogens is 1. The molecule has 1 aromatic heterocycles. The van der Waals surface area contributed by atoms with Gasteiger partial charge in [-0.2, -0.15) is 0 Å². The summed E-state index contributed by atoms with van der Waals surface area (Å²) in [5, 5.41) is 5.88. The second-order valence-corrected chi connectivity index (χ2v) is 6.81. The van der Waals surface area contributed by atoms with Crippen molar-refractivity contribution in [3.63, 3.8) is 0 Å². The zero-order valence-corrected chi connectivity index (χ0v) is 14.1. The van der Waals surface area contributed by atoms with Crippen LogP contribution in [0.2, 0.25) is 10.0 Å². The van der Waals surface area contributed by atoms with Gasteiger partial charge in [0.2, 0.25) is 0 Å². The van der Waals surface area contributed by atoms with E-state index in [4.69, 9.17) is 23.2 Å². The molecule has 2 aromatic rings. The summed E-state index contributed by atoms with van der Waals surface area (Å²) < 4.78 is 0. The molecule has 2 N–H and O–H groups in total. The van der Waals surface area contributed by atoms with Crippen molar-refractivity contribution >= 4 is 46.1 Å². The minimum absolute atomic E-state index is 0.0618. The van der Waals surface area contributed by atoms with Crippen LogP contribution >= 0.6 is 34.5 Å². The minimum Gasteiger partial charge on any atom is -0.323 e. The van der Waals surface area contributed by atoms with Crippen LogP contribution in [0.5, 0.6) is 0 Å². The van der Waals surface area contributed by atoms with E-state index in [1.807, 2.05) is 25.4 Å². The molecule has 1 amide bonds. The third kappa shape index (κ3) is 4.45. The molecular formula is C15H17Cl2N2OS+. The molecule has 2 atom stereocenters. The first-order chi connectivity index (χ1) is 9.97. The predicted octanol–water partition coefficient (Wildman–Crippen LogP) is 3.10. The summed E-state index contributed by atoms with van der Waals surface area (Å²) in [5.74, 6) is -0.0618. The predicted molar refractivity (Wildman–Crippen MR) is 89.5 cm³/mol. The number of benzene rings is 1. The number of likely N-dealkylation sites (N-methyl/N-ethyl adjacent to an activating group) is 1. The fraction of sp³-hybridized carbons (Fsp3) is 0.267. The summed E-state index contributed by atoms with van der Waals surface area (Å²) in [6, 6.07) is 8.95. The number of hydrogen-bond acceptors (Lipinski definition) is 2. The molecular weight excluding hydrogens is 327 g/mol. The molecule has 1 heterocycles. The van der Waals surface area contributed by atoms with Gasteiger partial charge in [-0.3, -0.25) is 4.79 Å². The molecule has 0 saturated carbocycles. The molecule has 0 fully saturated rings. The highest BCUT2D eigenvalue weighted by Gasteiger charge is 2.22. The van der Waals surface area contributed by atoms with E-state index in [9.17, 15) is 4.79 Å². The Hall–Kier alpha value is -1.07. The van der Waals surface area contributed by atoms with Crippen molar-refractivity contribution in [1.29, 1.82) is 0 Å². The van der Waals surface area contributed by atoms with E-state index >= 15 is 0 Å². The molecule has 1 aromatic carbocycles. The summed E-state index contributed by atoms with van der Waals surface area (Å²) in [5.41, 5.74) is 0.585. The largest absolute Gasteiger partial charge is 0.323 e. The summed E-state index contributed by atoms with van der Waals surface area (Å²) in [6.45, 7) is 2.72. The monoisotopic (exact) mass is 343 g/mol. The molecule has 0 aliphatic heterocycles. The topological polar surface area (TPSA) is 33.5 Å². The van der Waals surface area contributed by atoms with Crippen LogP contribution in [0.4, 0.5) is 5.69 Å². The van der Waals surface area contributed by atoms with Crippen molar-refractivity contribution < 1.29 is 9.69 Å². The number of carbonyl (C=O) groups excluding carboxylic acids is 1. The van der Waals surface area contributed by atoms with Crippen LogP contribution < -0.4 is 10.2 Å². The maximum atomic E-state index is 12.3. The zero-order chi connectivity index (χ0) is 15.4. The second-order valence-electron chi connectivity index (χ2n) is 4.94. The van der Waals surface area contributed by atoms with E-state index in [-0.39, 0.29) is 11.9 Å². The van der Waals surface area contributed by atoms with E-state index in [1.54, 1.807) is 29.5 Å². The molecule has 0 saturated heterocycles. The molecule has 1 unspecified atom stereocenters. The lowest BCUT2D eigenvalue weighted by Crippen LogP contribution is -3.12. The van der Waals surface area contributed by atoms with Crippen LogP contribution in [0.1, 0.15) is 11.8 Å². The quantitative estimate of drug-likeness (QED) is 0.859. The SMILES string of the molecule is C[C@H](C(=O)Nc1ccc(Cl)cc1Cl)[NH+](C)Cc1cccs1. The molecule has 0 spiro atoms. The number of hydrogen-bond donors (Lipinski definition) is 2. The maximum Gasteiger partial charge on any atom is 0.282 e. The lowest BCUT2D eigenvalue weighted by Gasteiger charge is -2.20. The second kappa shape index (κ2) is 7.27. The van der Waals surface area contributed by atoms with Crippen molar-refractivity contribution in [3.05, 3.63) is 50.6 Å². The molecule has 2 rings (SSSR count). The lowest BCUT2D eigenvalue weighted by molar-refractivity contribution is -0.907. The molecule has 0 radical (unpaired) electrons. The molecule has 0 aliphatic rings. The first-order valence-electron chi connectivity index (χ1n) is 6.58. The fourth-order valence-electron chi connectivity index (χ4n) is 1.90. The number of carbonyl (C=O) groups is 1. The van der Waals surface area contributed by atoms with Crippen molar-refractivity contribution in [2.75, 3.05) is 12.4 Å². The minimum atomic E-state index is -0.182. The Labute approximate surface area is 138 Å². The van der Waals surface area contributed by atoms with Gasteiger partial charge in [0.05, 0.1) is 22.6 Å². The van der Waals surface area contributed by atoms with Crippen molar-refractivity contribution in [3.8, 4) is 0 Å². The van der Waals surface area contributed by atoms with Crippen molar-refractivity contribution in [2.24, 2.45) is 0 Å². The van der Waals surface area contributed by atoms with E-state index in [1.165, 1.54) is 4.88 Å². The van der Waals surface area contributed by atoms with E-state index in [2.05, 4.69) is 11.4 Å². The van der Waals surface area contributed by atoms with Gasteiger partial charge in [0.1, 0.15) is 6.54 Å². The van der Waals surface area contributed by atoms with E-state index in [0.717, 1.165) is 11.4 Å². The van der Waals surface area contributed by atoms with Gasteiger partial charge in [-0.25, -0.2) is 0 Å². The van der Waals surface area contributed by atoms with Crippen molar-refractivity contribution in [1.82, 2.24) is 0 Å². The van der Waals surface area contributed by atoms with Crippen LogP contribution in [0.15, 0.2) is 35.7 Å². The lowest BCUT2D eigenvalue weighted by atomic mass is 10.2. The molecule has 3 nitrogen and oxygen atoms in total. The summed E-state index contributed by atoms with van der Waals surface area (Å²) in [6.07, 6.45) is 0. The van der Waals surface area contributed by atoms with Crippen LogP contribution in [0, 0.1) is 0 Å². The summed E-state index contributed by atoms with van der Waals surface area (Å²) >= 11 is 13.6. The normalized spacial score (nSPS) is 13.7. The Bertz CT molecular complexity index is 616. The average molecular weight is 344 g/mol. The van der Waals surface area contributed by atoms with Crippen LogP contribution in [-0.4, -0.2) is 19.0 Å². The zero-order valence-electron chi connectivity index (χ0n) is 11.8. The smallest absolute Gasteiger partial charge is 0.282 e. The fourth-order valence-corrected chi connectivity index (χ4v) is 3.15. The van der Waals surface area contributed by atoms with Crippen LogP contribution in [0.25, 0.3) is 0 Å². The average Bonchev–Trinajstić information content (AvgIpc) is 2.93. The van der Waals surface area contributed by atoms with Gasteiger partial charge in [-0.05, 0) is 36.6 Å². The third-order valence-electron chi connectivity index (χ3n) is 3.35. The number of amides is 1. The Morgan fingerprint density at radius 1 is 1.38 bits per heavy atom. The maximum absolute atomic E-state index is 12.3. The molecule has 0 bridgehead atoms. The highest BCUT2D eigenvalue weighted by molar-refractivity contribution is 7.09. The summed E-state index contributed by atoms with van der Waals surface area (Å²) in [4.78, 5) is 14.7. The van der Waals surface area contributed by atoms with Crippen molar-refractivity contribution in [2.45, 2.75) is 19.5 Å². The Morgan fingerprint density at radius 3 is 2.76 bits per heavy atom. The van der Waals surface area contributed by atoms with Gasteiger partial charge in [0.15, 0.2) is 6.04 Å². The summed E-state index contributed by atoms with van der Waals surface area (Å²) in [7, 11) is 2.01. The van der Waals surface area contributed by atoms with E-state index in [0.29, 0.717) is 15.7 Å². The van der Waals surface area contributed by atoms with Crippen LogP contribution in [0.3, 0.4) is 0 Å². The number of halogens is 2. The Balaban J connectivity index is 1.98. The number of rotatable bonds is 5. The third-order valence-corrected chi connectivity index (χ3v) is 4.78. The van der Waals surface area contributed by atoms with Gasteiger partial charge >= 0.3 is 0 Å². The highest BCUT2D eigenvalue weighted by Crippen LogP contribution is 2.25. The molecule has 112 valence electrons. The van der Waals surface area contributed by atoms with Gasteiger partial charge in [-0.15, -0.1) is 11.3 Å². The molecule has 6 heteroatoms. The van der Waals surface area contributed by atoms with Gasteiger partial charge in [0.25, 0.3) is 5.91 Å². The van der Waals surface area contributed by atoms with E-state index < -0.39 is 0 Å². The molecule has 21 heavy (non-hydrogen) atoms. The Kier molecular flexibility index (Phi) is 5.65. The molecule has 0 aliphatic carbocycles. The van der Waals surface area contributed by atoms with Gasteiger partial charge < -0.3 is 10.2 Å². The number of anilines is 1. The van der Waals surface area contributed by atoms with Gasteiger partial charge in [-0.1, -0.05) is 29.3 Å². The number of nitrogens with one attached hydrogen (secondary N) is 2. The number of thiophene rings is 1. The van der Waals surface area contributed by atoms with Crippen LogP contribution in [-0.2, 0) is 11.3 Å². The Morgan fingerprint density at radius 2 is 2.14 bits per heavy atom. The first-order valence-corrected chi connectivity index (χ1v) is 8.21. The highest BCUT2D eigenvalue weighted by atomic mass is 35.5. The first kappa shape index (κ1) is 16.3.